The number of carbonyl (C=O) groups excluding carboxylic acids is 1. The molecule has 31 heavy (non-hydrogen) atoms. The molecule has 0 aliphatic heterocycles. The van der Waals surface area contributed by atoms with Crippen molar-refractivity contribution in [1.29, 1.82) is 0 Å². The predicted octanol–water partition coefficient (Wildman–Crippen LogP) is 4.49. The van der Waals surface area contributed by atoms with Gasteiger partial charge in [-0.15, -0.1) is 5.10 Å². The van der Waals surface area contributed by atoms with Crippen LogP contribution < -0.4 is 5.32 Å². The van der Waals surface area contributed by atoms with Gasteiger partial charge in [-0.1, -0.05) is 53.8 Å². The number of nitrogens with one attached hydrogen (secondary N) is 1. The molecule has 3 heterocycles. The van der Waals surface area contributed by atoms with E-state index in [2.05, 4.69) is 25.8 Å². The second kappa shape index (κ2) is 7.96. The Labute approximate surface area is 180 Å². The number of rotatable bonds is 5. The van der Waals surface area contributed by atoms with Crippen LogP contribution in [0.5, 0.6) is 0 Å². The summed E-state index contributed by atoms with van der Waals surface area (Å²) in [5, 5.41) is 15.3. The van der Waals surface area contributed by atoms with Crippen LogP contribution in [0.25, 0.3) is 33.4 Å². The molecule has 2 aromatic carbocycles. The Bertz CT molecular complexity index is 1390. The molecular formula is C22H16N6O2S. The lowest BCUT2D eigenvalue weighted by Gasteiger charge is -2.09. The third-order valence-corrected chi connectivity index (χ3v) is 5.56. The van der Waals surface area contributed by atoms with Gasteiger partial charge in [0.1, 0.15) is 11.5 Å². The smallest absolute Gasteiger partial charge is 0.276 e. The Kier molecular flexibility index (Phi) is 4.85. The molecule has 0 aliphatic carbocycles. The minimum Gasteiger partial charge on any atom is -0.465 e. The second-order valence-electron chi connectivity index (χ2n) is 6.72. The maximum absolute atomic E-state index is 13.3. The van der Waals surface area contributed by atoms with Gasteiger partial charge in [0.15, 0.2) is 11.0 Å². The van der Waals surface area contributed by atoms with Gasteiger partial charge >= 0.3 is 0 Å². The highest BCUT2D eigenvalue weighted by molar-refractivity contribution is 7.22. The largest absolute Gasteiger partial charge is 0.465 e. The minimum atomic E-state index is -0.405. The first-order chi connectivity index (χ1) is 15.2. The first-order valence-corrected chi connectivity index (χ1v) is 10.3. The van der Waals surface area contributed by atoms with Crippen molar-refractivity contribution in [3.8, 4) is 11.4 Å². The molecule has 1 N–H and O–H groups in total. The van der Waals surface area contributed by atoms with Crippen molar-refractivity contribution >= 4 is 44.4 Å². The van der Waals surface area contributed by atoms with Crippen LogP contribution in [-0.4, -0.2) is 31.1 Å². The summed E-state index contributed by atoms with van der Waals surface area (Å²) in [5.74, 6) is 0.533. The zero-order valence-electron chi connectivity index (χ0n) is 16.4. The fourth-order valence-corrected chi connectivity index (χ4v) is 4.09. The number of amides is 1. The van der Waals surface area contributed by atoms with Crippen molar-refractivity contribution in [3.63, 3.8) is 0 Å². The van der Waals surface area contributed by atoms with Crippen LogP contribution in [0.3, 0.4) is 0 Å². The molecule has 9 heteroatoms. The summed E-state index contributed by atoms with van der Waals surface area (Å²) in [6.45, 7) is 1.99. The van der Waals surface area contributed by atoms with Crippen molar-refractivity contribution in [2.24, 2.45) is 0 Å². The van der Waals surface area contributed by atoms with Gasteiger partial charge in [0.2, 0.25) is 0 Å². The first kappa shape index (κ1) is 18.9. The molecule has 5 aromatic rings. The molecule has 3 aromatic heterocycles. The van der Waals surface area contributed by atoms with Crippen LogP contribution in [-0.2, 0) is 4.79 Å². The molecule has 1 amide bonds. The van der Waals surface area contributed by atoms with Gasteiger partial charge < -0.3 is 4.42 Å². The van der Waals surface area contributed by atoms with Crippen LogP contribution in [0.15, 0.2) is 71.3 Å². The molecule has 0 aliphatic rings. The molecular weight excluding hydrogens is 412 g/mol. The van der Waals surface area contributed by atoms with Crippen molar-refractivity contribution in [2.75, 3.05) is 5.32 Å². The minimum absolute atomic E-state index is 0.204. The molecule has 0 spiro atoms. The number of aryl methyl sites for hydroxylation is 1. The molecule has 8 nitrogen and oxygen atoms in total. The van der Waals surface area contributed by atoms with Crippen molar-refractivity contribution in [2.45, 2.75) is 6.92 Å². The summed E-state index contributed by atoms with van der Waals surface area (Å²) in [6, 6.07) is 18.9. The van der Waals surface area contributed by atoms with E-state index in [0.29, 0.717) is 16.7 Å². The average Bonchev–Trinajstić information content (AvgIpc) is 3.53. The number of thiazole rings is 1. The summed E-state index contributed by atoms with van der Waals surface area (Å²) in [6.07, 6.45) is 3.13. The van der Waals surface area contributed by atoms with Gasteiger partial charge in [0.05, 0.1) is 16.5 Å². The monoisotopic (exact) mass is 428 g/mol. The number of hydrogen-bond acceptors (Lipinski definition) is 7. The molecule has 0 radical (unpaired) electrons. The van der Waals surface area contributed by atoms with E-state index in [1.807, 2.05) is 55.5 Å². The number of fused-ring (bicyclic) bond motifs is 1. The van der Waals surface area contributed by atoms with Gasteiger partial charge in [-0.2, -0.15) is 4.68 Å². The first-order valence-electron chi connectivity index (χ1n) is 9.46. The molecule has 5 rings (SSSR count). The van der Waals surface area contributed by atoms with Gasteiger partial charge in [0, 0.05) is 11.6 Å². The normalized spacial score (nSPS) is 11.7. The summed E-state index contributed by atoms with van der Waals surface area (Å²) in [7, 11) is 0. The van der Waals surface area contributed by atoms with E-state index >= 15 is 0 Å². The number of anilines is 1. The lowest BCUT2D eigenvalue weighted by molar-refractivity contribution is -0.111. The SMILES string of the molecule is Cc1cccc2sc(NC(=O)/C(=C/c3ccco3)n3nnnc3-c3ccccc3)nc12. The highest BCUT2D eigenvalue weighted by Gasteiger charge is 2.21. The Morgan fingerprint density at radius 2 is 1.97 bits per heavy atom. The van der Waals surface area contributed by atoms with E-state index in [4.69, 9.17) is 4.42 Å². The molecule has 0 unspecified atom stereocenters. The van der Waals surface area contributed by atoms with Crippen LogP contribution in [0, 0.1) is 6.92 Å². The van der Waals surface area contributed by atoms with E-state index in [1.165, 1.54) is 22.3 Å². The molecule has 0 bridgehead atoms. The molecule has 0 saturated carbocycles. The summed E-state index contributed by atoms with van der Waals surface area (Å²) in [4.78, 5) is 17.9. The number of tetrazole rings is 1. The molecule has 0 fully saturated rings. The van der Waals surface area contributed by atoms with E-state index < -0.39 is 5.91 Å². The predicted molar refractivity (Wildman–Crippen MR) is 119 cm³/mol. The fourth-order valence-electron chi connectivity index (χ4n) is 3.15. The number of furan rings is 1. The van der Waals surface area contributed by atoms with Gasteiger partial charge in [-0.3, -0.25) is 10.1 Å². The molecule has 0 saturated heterocycles. The standard InChI is InChI=1S/C22H16N6O2S/c1-14-7-5-11-18-19(14)23-22(31-18)24-21(29)17(13-16-10-6-12-30-16)28-20(25-26-27-28)15-8-3-2-4-9-15/h2-13H,1H3,(H,23,24,29)/b17-13-. The maximum atomic E-state index is 13.3. The number of benzene rings is 2. The zero-order chi connectivity index (χ0) is 21.2. The Morgan fingerprint density at radius 3 is 2.74 bits per heavy atom. The molecule has 152 valence electrons. The second-order valence-corrected chi connectivity index (χ2v) is 7.75. The number of aromatic nitrogens is 5. The van der Waals surface area contributed by atoms with Crippen molar-refractivity contribution in [3.05, 3.63) is 78.3 Å². The van der Waals surface area contributed by atoms with Crippen molar-refractivity contribution in [1.82, 2.24) is 25.2 Å². The quantitative estimate of drug-likeness (QED) is 0.414. The summed E-state index contributed by atoms with van der Waals surface area (Å²) < 4.78 is 7.81. The lowest BCUT2D eigenvalue weighted by Crippen LogP contribution is -2.19. The summed E-state index contributed by atoms with van der Waals surface area (Å²) in [5.41, 5.74) is 2.90. The fraction of sp³-hybridized carbons (Fsp3) is 0.0455. The number of para-hydroxylation sites is 1. The number of nitrogens with zero attached hydrogens (tertiary/aromatic N) is 5. The number of hydrogen-bond donors (Lipinski definition) is 1. The Balaban J connectivity index is 1.55. The molecule has 0 atom stereocenters. The van der Waals surface area contributed by atoms with Crippen LogP contribution in [0.2, 0.25) is 0 Å². The third kappa shape index (κ3) is 3.74. The van der Waals surface area contributed by atoms with Crippen LogP contribution in [0.4, 0.5) is 5.13 Å². The van der Waals surface area contributed by atoms with E-state index in [-0.39, 0.29) is 5.70 Å². The lowest BCUT2D eigenvalue weighted by atomic mass is 10.2. The van der Waals surface area contributed by atoms with Gasteiger partial charge in [-0.25, -0.2) is 4.98 Å². The Morgan fingerprint density at radius 1 is 1.10 bits per heavy atom. The maximum Gasteiger partial charge on any atom is 0.276 e. The van der Waals surface area contributed by atoms with Gasteiger partial charge in [0.25, 0.3) is 5.91 Å². The van der Waals surface area contributed by atoms with E-state index in [9.17, 15) is 4.79 Å². The third-order valence-electron chi connectivity index (χ3n) is 4.63. The highest BCUT2D eigenvalue weighted by Crippen LogP contribution is 2.29. The van der Waals surface area contributed by atoms with E-state index in [0.717, 1.165) is 21.3 Å². The average molecular weight is 428 g/mol. The zero-order valence-corrected chi connectivity index (χ0v) is 17.2. The van der Waals surface area contributed by atoms with Gasteiger partial charge in [-0.05, 0) is 41.1 Å². The summed E-state index contributed by atoms with van der Waals surface area (Å²) >= 11 is 1.41. The Hall–Kier alpha value is -4.11. The topological polar surface area (TPSA) is 98.7 Å². The van der Waals surface area contributed by atoms with Crippen LogP contribution in [0.1, 0.15) is 11.3 Å². The van der Waals surface area contributed by atoms with Crippen molar-refractivity contribution < 1.29 is 9.21 Å². The number of carbonyl (C=O) groups is 1. The highest BCUT2D eigenvalue weighted by atomic mass is 32.1. The van der Waals surface area contributed by atoms with Crippen LogP contribution >= 0.6 is 11.3 Å². The van der Waals surface area contributed by atoms with E-state index in [1.54, 1.807) is 18.2 Å².